The summed E-state index contributed by atoms with van der Waals surface area (Å²) >= 11 is 0. The SMILES string of the molecule is NN(N=O)C(=O)/C=C/c1ccc(N(N)S(=O)(=O)c2cccc(C(F)(F)F)c2)cc1. The van der Waals surface area contributed by atoms with Crippen molar-refractivity contribution in [3.63, 3.8) is 0 Å². The molecule has 0 unspecified atom stereocenters. The maximum Gasteiger partial charge on any atom is 0.416 e. The molecule has 9 nitrogen and oxygen atoms in total. The zero-order valence-corrected chi connectivity index (χ0v) is 15.3. The lowest BCUT2D eigenvalue weighted by atomic mass is 10.2. The van der Waals surface area contributed by atoms with Gasteiger partial charge >= 0.3 is 6.18 Å². The van der Waals surface area contributed by atoms with E-state index < -0.39 is 32.6 Å². The maximum absolute atomic E-state index is 12.8. The Labute approximate surface area is 162 Å². The van der Waals surface area contributed by atoms with Gasteiger partial charge in [0.25, 0.3) is 15.9 Å². The summed E-state index contributed by atoms with van der Waals surface area (Å²) in [5.41, 5.74) is -0.747. The number of benzene rings is 2. The molecule has 2 rings (SSSR count). The number of rotatable bonds is 6. The average Bonchev–Trinajstić information content (AvgIpc) is 2.70. The van der Waals surface area contributed by atoms with Crippen LogP contribution in [-0.4, -0.2) is 19.4 Å². The quantitative estimate of drug-likeness (QED) is 0.237. The molecular formula is C16H14F3N5O4S. The number of carbonyl (C=O) groups excluding carboxylic acids is 1. The van der Waals surface area contributed by atoms with Crippen LogP contribution in [-0.2, 0) is 21.0 Å². The number of nitrogens with two attached hydrogens (primary N) is 2. The largest absolute Gasteiger partial charge is 0.416 e. The minimum absolute atomic E-state index is 0.0408. The van der Waals surface area contributed by atoms with Crippen LogP contribution >= 0.6 is 0 Å². The van der Waals surface area contributed by atoms with Crippen molar-refractivity contribution in [1.82, 2.24) is 5.12 Å². The zero-order chi connectivity index (χ0) is 21.8. The van der Waals surface area contributed by atoms with E-state index in [1.165, 1.54) is 30.3 Å². The third kappa shape index (κ3) is 5.16. The second-order valence-electron chi connectivity index (χ2n) is 5.52. The van der Waals surface area contributed by atoms with Crippen molar-refractivity contribution in [2.24, 2.45) is 17.0 Å². The number of nitrogens with zero attached hydrogens (tertiary/aromatic N) is 3. The number of anilines is 1. The fraction of sp³-hybridized carbons (Fsp3) is 0.0625. The molecule has 0 radical (unpaired) electrons. The van der Waals surface area contributed by atoms with Gasteiger partial charge in [-0.3, -0.25) is 4.79 Å². The van der Waals surface area contributed by atoms with Gasteiger partial charge in [-0.05, 0) is 42.0 Å². The maximum atomic E-state index is 12.8. The monoisotopic (exact) mass is 429 g/mol. The standard InChI is InChI=1S/C16H14F3N5O4S/c17-16(18,19)12-2-1-3-14(10-12)29(27,28)24(21)13-7-4-11(5-8-13)6-9-15(25)23(20)22-26/h1-10H,20-21H2/b9-6+. The molecule has 0 aliphatic heterocycles. The van der Waals surface area contributed by atoms with E-state index in [4.69, 9.17) is 11.7 Å². The third-order valence-corrected chi connectivity index (χ3v) is 5.18. The molecule has 0 spiro atoms. The van der Waals surface area contributed by atoms with E-state index in [0.29, 0.717) is 16.0 Å². The topological polar surface area (TPSA) is 139 Å². The highest BCUT2D eigenvalue weighted by atomic mass is 32.2. The Hall–Kier alpha value is -3.29. The van der Waals surface area contributed by atoms with Crippen LogP contribution in [0.25, 0.3) is 6.08 Å². The van der Waals surface area contributed by atoms with Gasteiger partial charge < -0.3 is 0 Å². The molecule has 0 saturated carbocycles. The predicted molar refractivity (Wildman–Crippen MR) is 97.6 cm³/mol. The summed E-state index contributed by atoms with van der Waals surface area (Å²) in [6, 6.07) is 8.49. The molecule has 0 aliphatic rings. The van der Waals surface area contributed by atoms with Gasteiger partial charge in [0.1, 0.15) is 0 Å². The van der Waals surface area contributed by atoms with Crippen LogP contribution in [0.15, 0.2) is 64.8 Å². The van der Waals surface area contributed by atoms with Gasteiger partial charge in [0.2, 0.25) is 0 Å². The van der Waals surface area contributed by atoms with E-state index in [-0.39, 0.29) is 10.8 Å². The number of alkyl halides is 3. The fourth-order valence-corrected chi connectivity index (χ4v) is 3.25. The molecule has 0 aromatic heterocycles. The third-order valence-electron chi connectivity index (χ3n) is 3.60. The first-order valence-electron chi connectivity index (χ1n) is 7.64. The Morgan fingerprint density at radius 3 is 2.24 bits per heavy atom. The number of halogens is 3. The number of amides is 1. The average molecular weight is 429 g/mol. The number of carbonyl (C=O) groups is 1. The first kappa shape index (κ1) is 22.0. The van der Waals surface area contributed by atoms with E-state index in [2.05, 4.69) is 5.29 Å². The molecule has 0 saturated heterocycles. The number of nitroso groups, excluding NO2 is 1. The summed E-state index contributed by atoms with van der Waals surface area (Å²) in [5, 5.41) is 2.29. The highest BCUT2D eigenvalue weighted by Crippen LogP contribution is 2.31. The molecule has 2 aromatic rings. The molecule has 13 heteroatoms. The normalized spacial score (nSPS) is 12.0. The van der Waals surface area contributed by atoms with Crippen LogP contribution in [0.4, 0.5) is 18.9 Å². The zero-order valence-electron chi connectivity index (χ0n) is 14.4. The molecule has 0 fully saturated rings. The molecule has 4 N–H and O–H groups in total. The van der Waals surface area contributed by atoms with Gasteiger partial charge in [-0.2, -0.15) is 21.6 Å². The van der Waals surface area contributed by atoms with Crippen molar-refractivity contribution >= 4 is 27.7 Å². The number of sulfonamides is 1. The van der Waals surface area contributed by atoms with Gasteiger partial charge in [-0.1, -0.05) is 18.2 Å². The lowest BCUT2D eigenvalue weighted by molar-refractivity contribution is -0.137. The highest BCUT2D eigenvalue weighted by molar-refractivity contribution is 7.92. The summed E-state index contributed by atoms with van der Waals surface area (Å²) in [4.78, 5) is 20.8. The van der Waals surface area contributed by atoms with Crippen molar-refractivity contribution in [1.29, 1.82) is 0 Å². The van der Waals surface area contributed by atoms with Crippen molar-refractivity contribution in [2.45, 2.75) is 11.1 Å². The number of hydrogen-bond donors (Lipinski definition) is 2. The summed E-state index contributed by atoms with van der Waals surface area (Å²) in [7, 11) is -4.46. The molecular weight excluding hydrogens is 415 g/mol. The minimum Gasteiger partial charge on any atom is -0.266 e. The van der Waals surface area contributed by atoms with Crippen LogP contribution in [0.2, 0.25) is 0 Å². The molecule has 0 aliphatic carbocycles. The van der Waals surface area contributed by atoms with Crippen molar-refractivity contribution < 1.29 is 26.4 Å². The van der Waals surface area contributed by atoms with Crippen LogP contribution in [0, 0.1) is 4.91 Å². The first-order chi connectivity index (χ1) is 13.5. The Morgan fingerprint density at radius 1 is 1.07 bits per heavy atom. The molecule has 1 amide bonds. The Balaban J connectivity index is 2.26. The van der Waals surface area contributed by atoms with E-state index in [1.807, 2.05) is 0 Å². The molecule has 0 heterocycles. The van der Waals surface area contributed by atoms with Crippen molar-refractivity contribution in [2.75, 3.05) is 4.41 Å². The van der Waals surface area contributed by atoms with E-state index in [9.17, 15) is 31.3 Å². The molecule has 2 aromatic carbocycles. The first-order valence-corrected chi connectivity index (χ1v) is 9.08. The van der Waals surface area contributed by atoms with Crippen molar-refractivity contribution in [3.8, 4) is 0 Å². The number of hydrogen-bond acceptors (Lipinski definition) is 7. The Kier molecular flexibility index (Phi) is 6.36. The van der Waals surface area contributed by atoms with Crippen LogP contribution in [0.1, 0.15) is 11.1 Å². The number of hydrazine groups is 2. The predicted octanol–water partition coefficient (Wildman–Crippen LogP) is 2.17. The van der Waals surface area contributed by atoms with Crippen LogP contribution in [0.3, 0.4) is 0 Å². The van der Waals surface area contributed by atoms with Crippen LogP contribution < -0.4 is 16.1 Å². The lowest BCUT2D eigenvalue weighted by Crippen LogP contribution is -2.37. The van der Waals surface area contributed by atoms with Gasteiger partial charge in [0.15, 0.2) is 0 Å². The fourth-order valence-electron chi connectivity index (χ4n) is 2.10. The summed E-state index contributed by atoms with van der Waals surface area (Å²) in [6.07, 6.45) is -2.48. The molecule has 154 valence electrons. The van der Waals surface area contributed by atoms with Crippen molar-refractivity contribution in [3.05, 3.63) is 70.6 Å². The minimum atomic E-state index is -4.71. The molecule has 29 heavy (non-hydrogen) atoms. The Morgan fingerprint density at radius 2 is 1.69 bits per heavy atom. The summed E-state index contributed by atoms with van der Waals surface area (Å²) < 4.78 is 63.9. The Bertz CT molecular complexity index is 1040. The lowest BCUT2D eigenvalue weighted by Gasteiger charge is -2.19. The van der Waals surface area contributed by atoms with E-state index in [0.717, 1.165) is 24.3 Å². The summed E-state index contributed by atoms with van der Waals surface area (Å²) in [5.74, 6) is 9.70. The van der Waals surface area contributed by atoms with Gasteiger partial charge in [-0.25, -0.2) is 16.1 Å². The highest BCUT2D eigenvalue weighted by Gasteiger charge is 2.32. The second kappa shape index (κ2) is 8.38. The molecule has 0 bridgehead atoms. The molecule has 0 atom stereocenters. The summed E-state index contributed by atoms with van der Waals surface area (Å²) in [6.45, 7) is 0. The van der Waals surface area contributed by atoms with E-state index >= 15 is 0 Å². The van der Waals surface area contributed by atoms with Crippen LogP contribution in [0.5, 0.6) is 0 Å². The smallest absolute Gasteiger partial charge is 0.266 e. The van der Waals surface area contributed by atoms with Gasteiger partial charge in [0.05, 0.1) is 21.4 Å². The van der Waals surface area contributed by atoms with Gasteiger partial charge in [0, 0.05) is 6.08 Å². The van der Waals surface area contributed by atoms with Gasteiger partial charge in [-0.15, -0.1) is 10.0 Å². The second-order valence-corrected chi connectivity index (χ2v) is 7.33. The van der Waals surface area contributed by atoms with E-state index in [1.54, 1.807) is 0 Å².